The zero-order valence-electron chi connectivity index (χ0n) is 17.8. The Morgan fingerprint density at radius 2 is 1.79 bits per heavy atom. The second-order valence-electron chi connectivity index (χ2n) is 6.85. The van der Waals surface area contributed by atoms with Crippen molar-refractivity contribution in [3.05, 3.63) is 84.4 Å². The molecule has 0 radical (unpaired) electrons. The summed E-state index contributed by atoms with van der Waals surface area (Å²) in [6, 6.07) is 24.0. The number of thioether (sulfide) groups is 1. The van der Waals surface area contributed by atoms with Crippen molar-refractivity contribution in [2.45, 2.75) is 5.16 Å². The summed E-state index contributed by atoms with van der Waals surface area (Å²) in [5, 5.41) is 22.9. The topological polar surface area (TPSA) is 102 Å². The van der Waals surface area contributed by atoms with Crippen molar-refractivity contribution in [2.24, 2.45) is 5.10 Å². The third-order valence-electron chi connectivity index (χ3n) is 4.66. The maximum absolute atomic E-state index is 12.3. The number of nitrogens with one attached hydrogen (secondary N) is 1. The molecule has 0 aliphatic rings. The lowest BCUT2D eigenvalue weighted by atomic mass is 10.2. The predicted octanol–water partition coefficient (Wildman–Crippen LogP) is 3.89. The van der Waals surface area contributed by atoms with Crippen LogP contribution < -0.4 is 10.2 Å². The average Bonchev–Trinajstić information content (AvgIpc) is 3.28. The van der Waals surface area contributed by atoms with Gasteiger partial charge < -0.3 is 9.84 Å². The molecular formula is C24H21N5O3S. The number of phenols is 1. The Morgan fingerprint density at radius 3 is 2.52 bits per heavy atom. The highest BCUT2D eigenvalue weighted by Gasteiger charge is 2.17. The molecule has 3 aromatic carbocycles. The molecule has 0 aliphatic heterocycles. The van der Waals surface area contributed by atoms with Crippen LogP contribution in [0.2, 0.25) is 0 Å². The van der Waals surface area contributed by atoms with E-state index in [0.717, 1.165) is 17.0 Å². The first-order chi connectivity index (χ1) is 16.2. The molecule has 0 aliphatic carbocycles. The second-order valence-corrected chi connectivity index (χ2v) is 7.79. The maximum Gasteiger partial charge on any atom is 0.250 e. The third kappa shape index (κ3) is 5.39. The summed E-state index contributed by atoms with van der Waals surface area (Å²) in [5.74, 6) is 1.27. The summed E-state index contributed by atoms with van der Waals surface area (Å²) in [7, 11) is 1.62. The molecule has 4 rings (SSSR count). The minimum absolute atomic E-state index is 0.0845. The first-order valence-electron chi connectivity index (χ1n) is 10.0. The van der Waals surface area contributed by atoms with Crippen molar-refractivity contribution < 1.29 is 14.6 Å². The van der Waals surface area contributed by atoms with Crippen molar-refractivity contribution in [1.82, 2.24) is 20.2 Å². The number of hydrazone groups is 1. The number of amides is 1. The number of ether oxygens (including phenoxy) is 1. The highest BCUT2D eigenvalue weighted by molar-refractivity contribution is 7.99. The van der Waals surface area contributed by atoms with Gasteiger partial charge in [0.25, 0.3) is 5.91 Å². The average molecular weight is 460 g/mol. The van der Waals surface area contributed by atoms with E-state index in [1.165, 1.54) is 18.0 Å². The van der Waals surface area contributed by atoms with E-state index in [1.54, 1.807) is 31.4 Å². The van der Waals surface area contributed by atoms with E-state index in [0.29, 0.717) is 16.5 Å². The Hall–Kier alpha value is -4.11. The van der Waals surface area contributed by atoms with Crippen LogP contribution in [0.25, 0.3) is 17.1 Å². The second kappa shape index (κ2) is 10.5. The summed E-state index contributed by atoms with van der Waals surface area (Å²) < 4.78 is 7.16. The molecule has 0 unspecified atom stereocenters. The summed E-state index contributed by atoms with van der Waals surface area (Å²) in [6.07, 6.45) is 1.39. The lowest BCUT2D eigenvalue weighted by Gasteiger charge is -2.11. The summed E-state index contributed by atoms with van der Waals surface area (Å²) in [6.45, 7) is 0. The third-order valence-corrected chi connectivity index (χ3v) is 5.59. The fraction of sp³-hybridized carbons (Fsp3) is 0.0833. The van der Waals surface area contributed by atoms with Gasteiger partial charge in [-0.1, -0.05) is 54.2 Å². The van der Waals surface area contributed by atoms with E-state index in [-0.39, 0.29) is 17.4 Å². The molecule has 0 saturated heterocycles. The zero-order valence-corrected chi connectivity index (χ0v) is 18.6. The molecule has 9 heteroatoms. The number of carbonyl (C=O) groups excluding carboxylic acids is 1. The van der Waals surface area contributed by atoms with E-state index < -0.39 is 0 Å². The monoisotopic (exact) mass is 459 g/mol. The molecule has 8 nitrogen and oxygen atoms in total. The number of hydrogen-bond donors (Lipinski definition) is 2. The number of aromatic hydroxyl groups is 1. The Morgan fingerprint density at radius 1 is 1.06 bits per heavy atom. The van der Waals surface area contributed by atoms with Crippen LogP contribution in [0.3, 0.4) is 0 Å². The van der Waals surface area contributed by atoms with Crippen LogP contribution in [0.4, 0.5) is 0 Å². The van der Waals surface area contributed by atoms with E-state index in [9.17, 15) is 9.90 Å². The molecule has 2 N–H and O–H groups in total. The van der Waals surface area contributed by atoms with Gasteiger partial charge in [0.05, 0.1) is 19.1 Å². The van der Waals surface area contributed by atoms with Gasteiger partial charge in [-0.25, -0.2) is 5.43 Å². The number of methoxy groups -OCH3 is 1. The van der Waals surface area contributed by atoms with E-state index in [4.69, 9.17) is 4.74 Å². The van der Waals surface area contributed by atoms with Crippen LogP contribution in [0, 0.1) is 0 Å². The molecular weight excluding hydrogens is 438 g/mol. The van der Waals surface area contributed by atoms with Crippen LogP contribution in [-0.2, 0) is 4.79 Å². The molecule has 1 aromatic heterocycles. The van der Waals surface area contributed by atoms with Crippen molar-refractivity contribution in [3.8, 4) is 28.6 Å². The van der Waals surface area contributed by atoms with E-state index in [2.05, 4.69) is 20.7 Å². The Bertz CT molecular complexity index is 1260. The summed E-state index contributed by atoms with van der Waals surface area (Å²) in [4.78, 5) is 12.3. The van der Waals surface area contributed by atoms with Gasteiger partial charge in [-0.05, 0) is 36.4 Å². The van der Waals surface area contributed by atoms with Crippen LogP contribution in [0.1, 0.15) is 5.56 Å². The highest BCUT2D eigenvalue weighted by Crippen LogP contribution is 2.28. The summed E-state index contributed by atoms with van der Waals surface area (Å²) in [5.41, 5.74) is 4.73. The van der Waals surface area contributed by atoms with Gasteiger partial charge in [-0.3, -0.25) is 9.36 Å². The molecule has 0 fully saturated rings. The largest absolute Gasteiger partial charge is 0.507 e. The van der Waals surface area contributed by atoms with Crippen molar-refractivity contribution >= 4 is 23.9 Å². The van der Waals surface area contributed by atoms with E-state index in [1.807, 2.05) is 59.2 Å². The molecule has 4 aromatic rings. The molecule has 33 heavy (non-hydrogen) atoms. The van der Waals surface area contributed by atoms with Crippen LogP contribution in [-0.4, -0.2) is 44.9 Å². The predicted molar refractivity (Wildman–Crippen MR) is 128 cm³/mol. The van der Waals surface area contributed by atoms with Gasteiger partial charge in [0.2, 0.25) is 0 Å². The van der Waals surface area contributed by atoms with Crippen LogP contribution in [0.5, 0.6) is 11.5 Å². The molecule has 1 heterocycles. The number of hydrogen-bond acceptors (Lipinski definition) is 7. The van der Waals surface area contributed by atoms with Gasteiger partial charge >= 0.3 is 0 Å². The number of carbonyl (C=O) groups is 1. The normalized spacial score (nSPS) is 10.9. The van der Waals surface area contributed by atoms with Gasteiger partial charge in [-0.15, -0.1) is 10.2 Å². The number of nitrogens with zero attached hydrogens (tertiary/aromatic N) is 4. The zero-order chi connectivity index (χ0) is 23.0. The number of phenolic OH excluding ortho intramolecular Hbond substituents is 1. The smallest absolute Gasteiger partial charge is 0.250 e. The first kappa shape index (κ1) is 22.1. The maximum atomic E-state index is 12.3. The van der Waals surface area contributed by atoms with Gasteiger partial charge in [-0.2, -0.15) is 5.10 Å². The lowest BCUT2D eigenvalue weighted by molar-refractivity contribution is -0.118. The SMILES string of the molecule is COc1ccc(-n2c(SCC(=O)N/N=C\c3ccccc3O)nnc2-c2ccccc2)cc1. The molecule has 0 saturated carbocycles. The van der Waals surface area contributed by atoms with Gasteiger partial charge in [0, 0.05) is 16.8 Å². The Kier molecular flexibility index (Phi) is 7.01. The lowest BCUT2D eigenvalue weighted by Crippen LogP contribution is -2.20. The number of benzene rings is 3. The van der Waals surface area contributed by atoms with Crippen molar-refractivity contribution in [3.63, 3.8) is 0 Å². The minimum Gasteiger partial charge on any atom is -0.507 e. The molecule has 0 spiro atoms. The molecule has 0 atom stereocenters. The first-order valence-corrected chi connectivity index (χ1v) is 11.0. The van der Waals surface area contributed by atoms with E-state index >= 15 is 0 Å². The van der Waals surface area contributed by atoms with Gasteiger partial charge in [0.15, 0.2) is 11.0 Å². The number of para-hydroxylation sites is 1. The Balaban J connectivity index is 1.51. The number of rotatable bonds is 8. The van der Waals surface area contributed by atoms with Crippen molar-refractivity contribution in [2.75, 3.05) is 12.9 Å². The van der Waals surface area contributed by atoms with Gasteiger partial charge in [0.1, 0.15) is 11.5 Å². The van der Waals surface area contributed by atoms with Crippen molar-refractivity contribution in [1.29, 1.82) is 0 Å². The summed E-state index contributed by atoms with van der Waals surface area (Å²) >= 11 is 1.25. The standard InChI is InChI=1S/C24H21N5O3S/c1-32-20-13-11-19(12-14-20)29-23(17-7-3-2-4-8-17)27-28-24(29)33-16-22(31)26-25-15-18-9-5-6-10-21(18)30/h2-15,30H,16H2,1H3,(H,26,31)/b25-15-. The minimum atomic E-state index is -0.308. The highest BCUT2D eigenvalue weighted by atomic mass is 32.2. The van der Waals surface area contributed by atoms with Crippen LogP contribution in [0.15, 0.2) is 89.1 Å². The molecule has 0 bridgehead atoms. The molecule has 1 amide bonds. The fourth-order valence-corrected chi connectivity index (χ4v) is 3.78. The molecule has 166 valence electrons. The number of aromatic nitrogens is 3. The quantitative estimate of drug-likeness (QED) is 0.235. The Labute approximate surface area is 194 Å². The van der Waals surface area contributed by atoms with Crippen LogP contribution >= 0.6 is 11.8 Å². The fourth-order valence-electron chi connectivity index (χ4n) is 3.03.